The topological polar surface area (TPSA) is 68.7 Å². The number of para-hydroxylation sites is 2. The first kappa shape index (κ1) is 19.0. The molecule has 1 aliphatic heterocycles. The van der Waals surface area contributed by atoms with Crippen molar-refractivity contribution < 1.29 is 19.1 Å². The standard InChI is InChI=1S/C22H17ClN2O4/c23-20-11-10-16(12-24-20)22(27)29-14-21(26)25-17-8-4-5-9-19(17)28-13-18(25)15-6-2-1-3-7-15/h1-12,18H,13-14H2/t18-/m0/s1. The van der Waals surface area contributed by atoms with Crippen LogP contribution in [0, 0.1) is 0 Å². The van der Waals surface area contributed by atoms with Crippen LogP contribution >= 0.6 is 11.6 Å². The van der Waals surface area contributed by atoms with E-state index in [1.165, 1.54) is 18.3 Å². The lowest BCUT2D eigenvalue weighted by molar-refractivity contribution is -0.122. The van der Waals surface area contributed by atoms with Crippen LogP contribution in [0.15, 0.2) is 72.9 Å². The Bertz CT molecular complexity index is 1020. The summed E-state index contributed by atoms with van der Waals surface area (Å²) in [4.78, 5) is 30.8. The van der Waals surface area contributed by atoms with Crippen LogP contribution in [-0.2, 0) is 9.53 Å². The molecule has 1 atom stereocenters. The van der Waals surface area contributed by atoms with Crippen molar-refractivity contribution >= 4 is 29.2 Å². The Morgan fingerprint density at radius 2 is 1.83 bits per heavy atom. The van der Waals surface area contributed by atoms with Gasteiger partial charge >= 0.3 is 5.97 Å². The summed E-state index contributed by atoms with van der Waals surface area (Å²) >= 11 is 5.73. The molecular weight excluding hydrogens is 392 g/mol. The van der Waals surface area contributed by atoms with Gasteiger partial charge in [0.05, 0.1) is 17.3 Å². The van der Waals surface area contributed by atoms with Crippen LogP contribution in [-0.4, -0.2) is 30.1 Å². The summed E-state index contributed by atoms with van der Waals surface area (Å²) in [7, 11) is 0. The van der Waals surface area contributed by atoms with Crippen LogP contribution in [0.2, 0.25) is 5.15 Å². The average Bonchev–Trinajstić information content (AvgIpc) is 2.77. The van der Waals surface area contributed by atoms with E-state index in [1.54, 1.807) is 4.90 Å². The second kappa shape index (κ2) is 8.32. The van der Waals surface area contributed by atoms with Crippen LogP contribution in [0.25, 0.3) is 0 Å². The lowest BCUT2D eigenvalue weighted by Crippen LogP contribution is -2.43. The number of amides is 1. The van der Waals surface area contributed by atoms with Crippen LogP contribution in [0.1, 0.15) is 22.0 Å². The number of carbonyl (C=O) groups is 2. The normalized spacial score (nSPS) is 15.2. The summed E-state index contributed by atoms with van der Waals surface area (Å²) in [5, 5.41) is 0.272. The molecule has 2 heterocycles. The van der Waals surface area contributed by atoms with Gasteiger partial charge in [-0.05, 0) is 29.8 Å². The van der Waals surface area contributed by atoms with Crippen molar-refractivity contribution in [3.05, 3.63) is 89.2 Å². The molecule has 3 aromatic rings. The molecule has 1 aromatic heterocycles. The molecule has 6 nitrogen and oxygen atoms in total. The Morgan fingerprint density at radius 1 is 1.07 bits per heavy atom. The molecule has 146 valence electrons. The van der Waals surface area contributed by atoms with Gasteiger partial charge in [-0.25, -0.2) is 9.78 Å². The molecule has 0 spiro atoms. The Hall–Kier alpha value is -3.38. The fraction of sp³-hybridized carbons (Fsp3) is 0.136. The van der Waals surface area contributed by atoms with Gasteiger partial charge < -0.3 is 9.47 Å². The third kappa shape index (κ3) is 4.07. The molecule has 0 aliphatic carbocycles. The van der Waals surface area contributed by atoms with E-state index in [0.29, 0.717) is 18.0 Å². The van der Waals surface area contributed by atoms with Crippen molar-refractivity contribution in [2.45, 2.75) is 6.04 Å². The number of aromatic nitrogens is 1. The highest BCUT2D eigenvalue weighted by atomic mass is 35.5. The minimum atomic E-state index is -0.639. The van der Waals surface area contributed by atoms with Gasteiger partial charge in [0.15, 0.2) is 6.61 Å². The maximum absolute atomic E-state index is 13.1. The lowest BCUT2D eigenvalue weighted by Gasteiger charge is -2.37. The zero-order valence-corrected chi connectivity index (χ0v) is 16.1. The predicted molar refractivity (Wildman–Crippen MR) is 108 cm³/mol. The summed E-state index contributed by atoms with van der Waals surface area (Å²) in [5.41, 5.74) is 1.80. The average molecular weight is 409 g/mol. The molecule has 0 radical (unpaired) electrons. The molecule has 0 saturated carbocycles. The highest BCUT2D eigenvalue weighted by Gasteiger charge is 2.33. The van der Waals surface area contributed by atoms with Crippen molar-refractivity contribution in [2.75, 3.05) is 18.1 Å². The number of pyridine rings is 1. The predicted octanol–water partition coefficient (Wildman–Crippen LogP) is 4.06. The third-order valence-corrected chi connectivity index (χ3v) is 4.80. The van der Waals surface area contributed by atoms with Gasteiger partial charge in [0.2, 0.25) is 0 Å². The van der Waals surface area contributed by atoms with Gasteiger partial charge in [0.25, 0.3) is 5.91 Å². The second-order valence-electron chi connectivity index (χ2n) is 6.41. The molecule has 4 rings (SSSR count). The van der Waals surface area contributed by atoms with E-state index in [2.05, 4.69) is 4.98 Å². The van der Waals surface area contributed by atoms with Gasteiger partial charge in [-0.2, -0.15) is 0 Å². The molecule has 0 saturated heterocycles. The number of fused-ring (bicyclic) bond motifs is 1. The monoisotopic (exact) mass is 408 g/mol. The quantitative estimate of drug-likeness (QED) is 0.481. The summed E-state index contributed by atoms with van der Waals surface area (Å²) in [6, 6.07) is 19.6. The Balaban J connectivity index is 1.56. The molecule has 2 aromatic carbocycles. The second-order valence-corrected chi connectivity index (χ2v) is 6.80. The van der Waals surface area contributed by atoms with E-state index >= 15 is 0 Å². The van der Waals surface area contributed by atoms with Crippen LogP contribution < -0.4 is 9.64 Å². The summed E-state index contributed by atoms with van der Waals surface area (Å²) in [6.07, 6.45) is 1.31. The maximum atomic E-state index is 13.1. The number of anilines is 1. The molecule has 7 heteroatoms. The number of nitrogens with zero attached hydrogens (tertiary/aromatic N) is 2. The minimum Gasteiger partial charge on any atom is -0.489 e. The molecule has 1 aliphatic rings. The van der Waals surface area contributed by atoms with Crippen molar-refractivity contribution in [3.63, 3.8) is 0 Å². The maximum Gasteiger partial charge on any atom is 0.340 e. The Morgan fingerprint density at radius 3 is 2.59 bits per heavy atom. The first-order chi connectivity index (χ1) is 14.1. The van der Waals surface area contributed by atoms with E-state index in [1.807, 2.05) is 54.6 Å². The van der Waals surface area contributed by atoms with Gasteiger partial charge in [-0.3, -0.25) is 9.69 Å². The molecule has 0 fully saturated rings. The van der Waals surface area contributed by atoms with E-state index in [4.69, 9.17) is 21.1 Å². The van der Waals surface area contributed by atoms with E-state index in [0.717, 1.165) is 5.56 Å². The summed E-state index contributed by atoms with van der Waals surface area (Å²) < 4.78 is 11.1. The smallest absolute Gasteiger partial charge is 0.340 e. The Kier molecular flexibility index (Phi) is 5.44. The van der Waals surface area contributed by atoms with E-state index in [-0.39, 0.29) is 22.7 Å². The van der Waals surface area contributed by atoms with Crippen molar-refractivity contribution in [2.24, 2.45) is 0 Å². The van der Waals surface area contributed by atoms with Crippen LogP contribution in [0.3, 0.4) is 0 Å². The molecule has 0 bridgehead atoms. The third-order valence-electron chi connectivity index (χ3n) is 4.58. The zero-order valence-electron chi connectivity index (χ0n) is 15.3. The first-order valence-electron chi connectivity index (χ1n) is 9.01. The fourth-order valence-corrected chi connectivity index (χ4v) is 3.31. The van der Waals surface area contributed by atoms with E-state index in [9.17, 15) is 9.59 Å². The van der Waals surface area contributed by atoms with Crippen LogP contribution in [0.5, 0.6) is 5.75 Å². The summed E-state index contributed by atoms with van der Waals surface area (Å²) in [6.45, 7) is -0.0963. The summed E-state index contributed by atoms with van der Waals surface area (Å²) in [5.74, 6) is -0.369. The number of ether oxygens (including phenoxy) is 2. The van der Waals surface area contributed by atoms with Crippen molar-refractivity contribution in [3.8, 4) is 5.75 Å². The molecule has 0 unspecified atom stereocenters. The number of hydrogen-bond donors (Lipinski definition) is 0. The number of rotatable bonds is 4. The SMILES string of the molecule is O=C(OCC(=O)N1c2ccccc2OC[C@H]1c1ccccc1)c1ccc(Cl)nc1. The van der Waals surface area contributed by atoms with Crippen LogP contribution in [0.4, 0.5) is 5.69 Å². The number of halogens is 1. The molecule has 0 N–H and O–H groups in total. The van der Waals surface area contributed by atoms with Crippen molar-refractivity contribution in [1.82, 2.24) is 4.98 Å². The molecular formula is C22H17ClN2O4. The largest absolute Gasteiger partial charge is 0.489 e. The number of carbonyl (C=O) groups excluding carboxylic acids is 2. The number of esters is 1. The zero-order chi connectivity index (χ0) is 20.2. The molecule has 1 amide bonds. The number of hydrogen-bond acceptors (Lipinski definition) is 5. The fourth-order valence-electron chi connectivity index (χ4n) is 3.19. The lowest BCUT2D eigenvalue weighted by atomic mass is 10.0. The van der Waals surface area contributed by atoms with Gasteiger partial charge in [-0.15, -0.1) is 0 Å². The highest BCUT2D eigenvalue weighted by molar-refractivity contribution is 6.29. The van der Waals surface area contributed by atoms with Crippen molar-refractivity contribution in [1.29, 1.82) is 0 Å². The highest BCUT2D eigenvalue weighted by Crippen LogP contribution is 2.39. The molecule has 29 heavy (non-hydrogen) atoms. The van der Waals surface area contributed by atoms with Gasteiger partial charge in [-0.1, -0.05) is 54.1 Å². The number of benzene rings is 2. The van der Waals surface area contributed by atoms with Gasteiger partial charge in [0.1, 0.15) is 17.5 Å². The first-order valence-corrected chi connectivity index (χ1v) is 9.39. The Labute approximate surface area is 172 Å². The van der Waals surface area contributed by atoms with E-state index < -0.39 is 12.6 Å². The minimum absolute atomic E-state index is 0.226. The van der Waals surface area contributed by atoms with Gasteiger partial charge in [0, 0.05) is 6.20 Å².